The minimum atomic E-state index is -2.69. The van der Waals surface area contributed by atoms with E-state index in [1.165, 1.54) is 0 Å². The standard InChI is InChI=1S/C64H100O8P4/c1-9-17-37-73(65,38-18-10-2)49-69-61-53-29-25-30-54(61)46-56-32-27-34-58(63(56)71-51-75(67,41-21-13-5)42-22-14-6)48-60-36-28-35-59(64(60)72-52-76(68,43-23-15-7)44-24-16-8)47-57-33-26-31-55(45-53)62(57)70-50-74(66,39-19-11-3)40-20-12-4/h25-36H,9-24,37-52H2,1-8H3. The van der Waals surface area contributed by atoms with Crippen LogP contribution >= 0.6 is 28.6 Å². The van der Waals surface area contributed by atoms with Gasteiger partial charge in [0.05, 0.1) is 0 Å². The van der Waals surface area contributed by atoms with E-state index in [1.54, 1.807) is 0 Å². The zero-order valence-corrected chi connectivity index (χ0v) is 52.2. The highest BCUT2D eigenvalue weighted by atomic mass is 31.2. The van der Waals surface area contributed by atoms with Crippen LogP contribution in [-0.4, -0.2) is 74.7 Å². The lowest BCUT2D eigenvalue weighted by Gasteiger charge is -2.26. The van der Waals surface area contributed by atoms with Crippen molar-refractivity contribution in [3.63, 3.8) is 0 Å². The summed E-state index contributed by atoms with van der Waals surface area (Å²) in [7, 11) is -10.7. The molecule has 0 heterocycles. The maximum absolute atomic E-state index is 14.9. The van der Waals surface area contributed by atoms with Crippen LogP contribution in [0.2, 0.25) is 0 Å². The normalized spacial score (nSPS) is 13.2. The summed E-state index contributed by atoms with van der Waals surface area (Å²) in [6.07, 6.45) is 22.8. The number of fused-ring (bicyclic) bond motifs is 8. The van der Waals surface area contributed by atoms with Crippen LogP contribution in [0.15, 0.2) is 72.8 Å². The van der Waals surface area contributed by atoms with Crippen molar-refractivity contribution in [1.29, 1.82) is 0 Å². The van der Waals surface area contributed by atoms with Gasteiger partial charge in [-0.3, -0.25) is 0 Å². The van der Waals surface area contributed by atoms with Crippen molar-refractivity contribution in [2.24, 2.45) is 0 Å². The topological polar surface area (TPSA) is 105 Å². The lowest BCUT2D eigenvalue weighted by Crippen LogP contribution is -2.13. The molecule has 76 heavy (non-hydrogen) atoms. The van der Waals surface area contributed by atoms with Crippen LogP contribution in [0.1, 0.15) is 203 Å². The first kappa shape index (κ1) is 63.8. The minimum Gasteiger partial charge on any atom is -0.485 e. The molecule has 0 atom stereocenters. The summed E-state index contributed by atoms with van der Waals surface area (Å²) in [5.41, 5.74) is 7.72. The summed E-state index contributed by atoms with van der Waals surface area (Å²) in [5, 5.41) is 0. The van der Waals surface area contributed by atoms with Crippen LogP contribution in [0.5, 0.6) is 23.0 Å². The van der Waals surface area contributed by atoms with Gasteiger partial charge in [-0.1, -0.05) is 180 Å². The van der Waals surface area contributed by atoms with E-state index in [4.69, 9.17) is 18.9 Å². The first-order chi connectivity index (χ1) is 36.7. The summed E-state index contributed by atoms with van der Waals surface area (Å²) >= 11 is 0. The smallest absolute Gasteiger partial charge is 0.141 e. The zero-order chi connectivity index (χ0) is 54.9. The number of benzene rings is 4. The number of unbranched alkanes of at least 4 members (excludes halogenated alkanes) is 8. The Morgan fingerprint density at radius 1 is 0.276 bits per heavy atom. The van der Waals surface area contributed by atoms with E-state index in [2.05, 4.69) is 128 Å². The number of ether oxygens (including phenoxy) is 4. The van der Waals surface area contributed by atoms with Gasteiger partial charge in [0, 0.05) is 75.0 Å². The fraction of sp³-hybridized carbons (Fsp3) is 0.625. The predicted molar refractivity (Wildman–Crippen MR) is 328 cm³/mol. The Hall–Kier alpha value is -3.00. The number of para-hydroxylation sites is 4. The van der Waals surface area contributed by atoms with E-state index < -0.39 is 28.6 Å². The fourth-order valence-electron chi connectivity index (χ4n) is 10.5. The van der Waals surface area contributed by atoms with Crippen LogP contribution in [0, 0.1) is 0 Å². The van der Waals surface area contributed by atoms with Gasteiger partial charge in [-0.25, -0.2) is 0 Å². The van der Waals surface area contributed by atoms with E-state index >= 15 is 0 Å². The van der Waals surface area contributed by atoms with Gasteiger partial charge in [0.15, 0.2) is 0 Å². The van der Waals surface area contributed by atoms with Crippen molar-refractivity contribution in [3.05, 3.63) is 117 Å². The first-order valence-electron chi connectivity index (χ1n) is 30.0. The van der Waals surface area contributed by atoms with Crippen molar-refractivity contribution in [3.8, 4) is 23.0 Å². The molecule has 0 N–H and O–H groups in total. The minimum absolute atomic E-state index is 0.168. The van der Waals surface area contributed by atoms with Gasteiger partial charge in [-0.2, -0.15) is 0 Å². The van der Waals surface area contributed by atoms with Crippen molar-refractivity contribution in [1.82, 2.24) is 0 Å². The Bertz CT molecular complexity index is 2090. The molecule has 4 aromatic carbocycles. The molecule has 0 aliphatic heterocycles. The Morgan fingerprint density at radius 2 is 0.421 bits per heavy atom. The van der Waals surface area contributed by atoms with Crippen LogP contribution < -0.4 is 18.9 Å². The Labute approximate surface area is 462 Å². The van der Waals surface area contributed by atoms with Gasteiger partial charge in [-0.15, -0.1) is 0 Å². The number of rotatable bonds is 36. The SMILES string of the molecule is CCCCP(=O)(CCCC)COc1c2cccc1Cc1cccc(c1OCP(=O)(CCCC)CCCC)Cc1cccc(c1OCP(=O)(CCCC)CCCC)Cc1cccc(c1OCP(=O)(CCCC)CCCC)C2. The molecule has 8 bridgehead atoms. The maximum Gasteiger partial charge on any atom is 0.141 e. The highest BCUT2D eigenvalue weighted by Gasteiger charge is 2.30. The Morgan fingerprint density at radius 3 is 0.553 bits per heavy atom. The average Bonchev–Trinajstić information content (AvgIpc) is 3.42. The van der Waals surface area contributed by atoms with E-state index in [1.807, 2.05) is 0 Å². The van der Waals surface area contributed by atoms with Gasteiger partial charge >= 0.3 is 0 Å². The summed E-state index contributed by atoms with van der Waals surface area (Å²) in [6, 6.07) is 25.4. The lowest BCUT2D eigenvalue weighted by molar-refractivity contribution is 0.359. The average molecular weight is 1120 g/mol. The summed E-state index contributed by atoms with van der Waals surface area (Å²) in [6.45, 7) is 17.3. The second-order valence-electron chi connectivity index (χ2n) is 22.3. The molecule has 0 spiro atoms. The third kappa shape index (κ3) is 19.7. The third-order valence-electron chi connectivity index (χ3n) is 15.4. The van der Waals surface area contributed by atoms with Gasteiger partial charge in [0.1, 0.15) is 77.0 Å². The van der Waals surface area contributed by atoms with Gasteiger partial charge in [-0.05, 0) is 95.9 Å². The molecule has 0 saturated heterocycles. The number of hydrogen-bond donors (Lipinski definition) is 0. The molecule has 5 rings (SSSR count). The molecule has 0 amide bonds. The van der Waals surface area contributed by atoms with E-state index in [-0.39, 0.29) is 25.4 Å². The van der Waals surface area contributed by atoms with Gasteiger partial charge < -0.3 is 37.2 Å². The largest absolute Gasteiger partial charge is 0.485 e. The zero-order valence-electron chi connectivity index (χ0n) is 48.6. The fourth-order valence-corrected chi connectivity index (χ4v) is 21.0. The summed E-state index contributed by atoms with van der Waals surface area (Å²) in [4.78, 5) is 0. The second-order valence-corrected chi connectivity index (χ2v) is 35.3. The molecule has 1 aliphatic carbocycles. The molecule has 424 valence electrons. The van der Waals surface area contributed by atoms with Gasteiger partial charge in [0.2, 0.25) is 0 Å². The van der Waals surface area contributed by atoms with Crippen LogP contribution in [0.3, 0.4) is 0 Å². The van der Waals surface area contributed by atoms with Crippen molar-refractivity contribution >= 4 is 28.6 Å². The van der Waals surface area contributed by atoms with E-state index in [0.717, 1.165) is 170 Å². The Kier molecular flexibility index (Phi) is 27.6. The second kappa shape index (κ2) is 32.9. The van der Waals surface area contributed by atoms with E-state index in [0.29, 0.717) is 75.0 Å². The van der Waals surface area contributed by atoms with Gasteiger partial charge in [0.25, 0.3) is 0 Å². The Balaban J connectivity index is 1.79. The highest BCUT2D eigenvalue weighted by Crippen LogP contribution is 2.52. The van der Waals surface area contributed by atoms with Crippen molar-refractivity contribution in [2.45, 2.75) is 184 Å². The van der Waals surface area contributed by atoms with Crippen molar-refractivity contribution < 1.29 is 37.2 Å². The molecule has 4 aromatic rings. The molecule has 0 saturated carbocycles. The molecule has 0 unspecified atom stereocenters. The highest BCUT2D eigenvalue weighted by molar-refractivity contribution is 7.64. The van der Waals surface area contributed by atoms with E-state index in [9.17, 15) is 18.3 Å². The van der Waals surface area contributed by atoms with Crippen LogP contribution in [0.25, 0.3) is 0 Å². The quantitative estimate of drug-likeness (QED) is 0.0365. The summed E-state index contributed by atoms with van der Waals surface area (Å²) < 4.78 is 87.8. The molecule has 8 nitrogen and oxygen atoms in total. The van der Waals surface area contributed by atoms with Crippen LogP contribution in [0.4, 0.5) is 0 Å². The summed E-state index contributed by atoms with van der Waals surface area (Å²) in [5.74, 6) is 2.94. The lowest BCUT2D eigenvalue weighted by atomic mass is 9.91. The molecule has 0 radical (unpaired) electrons. The first-order valence-corrected chi connectivity index (χ1v) is 39.0. The van der Waals surface area contributed by atoms with Crippen molar-refractivity contribution in [2.75, 3.05) is 74.7 Å². The molecule has 0 aromatic heterocycles. The maximum atomic E-state index is 14.9. The predicted octanol–water partition coefficient (Wildman–Crippen LogP) is 19.6. The molecule has 1 aliphatic rings. The van der Waals surface area contributed by atoms with Crippen LogP contribution in [-0.2, 0) is 43.9 Å². The molecule has 12 heteroatoms. The molecular weight excluding hydrogens is 1020 g/mol. The molecule has 0 fully saturated rings. The third-order valence-corrected chi connectivity index (χ3v) is 26.8. The molecular formula is C64H100O8P4. The number of hydrogen-bond acceptors (Lipinski definition) is 8. The monoisotopic (exact) mass is 1120 g/mol.